The first-order valence-corrected chi connectivity index (χ1v) is 28.7. The number of fused-ring (bicyclic) bond motifs is 11. The van der Waals surface area contributed by atoms with Crippen molar-refractivity contribution in [1.29, 1.82) is 0 Å². The van der Waals surface area contributed by atoms with Crippen molar-refractivity contribution in [3.05, 3.63) is 201 Å². The van der Waals surface area contributed by atoms with Crippen LogP contribution in [0.5, 0.6) is 0 Å². The molecule has 0 heterocycles. The minimum absolute atomic E-state index is 0.0406. The normalized spacial score (nSPS) is 18.7. The second kappa shape index (κ2) is 16.1. The fraction of sp³-hybridized carbons (Fsp3) is 0.281. The summed E-state index contributed by atoms with van der Waals surface area (Å²) in [4.78, 5) is 2.43. The van der Waals surface area contributed by atoms with Gasteiger partial charge in [-0.25, -0.2) is 0 Å². The fourth-order valence-corrected chi connectivity index (χ4v) is 14.8. The van der Waals surface area contributed by atoms with Crippen LogP contribution in [-0.4, -0.2) is 8.07 Å². The van der Waals surface area contributed by atoms with Gasteiger partial charge in [-0.2, -0.15) is 0 Å². The molecular formula is C64H63NSi. The van der Waals surface area contributed by atoms with Crippen LogP contribution in [0.1, 0.15) is 128 Å². The van der Waals surface area contributed by atoms with Gasteiger partial charge in [-0.05, 0) is 158 Å². The molecule has 0 bridgehead atoms. The Morgan fingerprint density at radius 2 is 0.939 bits per heavy atom. The van der Waals surface area contributed by atoms with Gasteiger partial charge >= 0.3 is 0 Å². The molecule has 0 amide bonds. The summed E-state index contributed by atoms with van der Waals surface area (Å²) in [5.74, 6) is 0.563. The lowest BCUT2D eigenvalue weighted by molar-refractivity contribution is 0.353. The fourth-order valence-electron chi connectivity index (χ4n) is 13.2. The Bertz CT molecular complexity index is 3020. The molecule has 0 aromatic heterocycles. The second-order valence-electron chi connectivity index (χ2n) is 21.6. The lowest BCUT2D eigenvalue weighted by atomic mass is 9.67. The highest BCUT2D eigenvalue weighted by molar-refractivity contribution is 6.83. The molecule has 5 aliphatic rings. The van der Waals surface area contributed by atoms with Gasteiger partial charge in [0.15, 0.2) is 0 Å². The number of para-hydroxylation sites is 2. The molecule has 0 radical (unpaired) electrons. The molecule has 0 aliphatic heterocycles. The second-order valence-corrected chi connectivity index (χ2v) is 26.7. The van der Waals surface area contributed by atoms with E-state index in [9.17, 15) is 0 Å². The van der Waals surface area contributed by atoms with Crippen molar-refractivity contribution in [2.24, 2.45) is 0 Å². The quantitative estimate of drug-likeness (QED) is 0.114. The van der Waals surface area contributed by atoms with Crippen LogP contribution in [-0.2, 0) is 10.8 Å². The van der Waals surface area contributed by atoms with Gasteiger partial charge < -0.3 is 4.90 Å². The molecular weight excluding hydrogens is 811 g/mol. The van der Waals surface area contributed by atoms with Gasteiger partial charge in [-0.15, -0.1) is 0 Å². The summed E-state index contributed by atoms with van der Waals surface area (Å²) in [6.07, 6.45) is 21.2. The van der Waals surface area contributed by atoms with Crippen molar-refractivity contribution in [2.75, 3.05) is 4.90 Å². The highest BCUT2D eigenvalue weighted by Gasteiger charge is 2.45. The van der Waals surface area contributed by atoms with E-state index in [1.54, 1.807) is 16.3 Å². The first-order valence-electron chi connectivity index (χ1n) is 25.2. The molecule has 2 spiro atoms. The monoisotopic (exact) mass is 873 g/mol. The summed E-state index contributed by atoms with van der Waals surface area (Å²) in [6.45, 7) is 9.92. The van der Waals surface area contributed by atoms with Gasteiger partial charge in [0.1, 0.15) is 0 Å². The van der Waals surface area contributed by atoms with Gasteiger partial charge in [-0.3, -0.25) is 0 Å². The van der Waals surface area contributed by atoms with Gasteiger partial charge in [-0.1, -0.05) is 198 Å². The minimum Gasteiger partial charge on any atom is -0.310 e. The zero-order valence-corrected chi connectivity index (χ0v) is 40.5. The van der Waals surface area contributed by atoms with Crippen LogP contribution in [0, 0.1) is 0 Å². The van der Waals surface area contributed by atoms with Crippen LogP contribution in [0.4, 0.5) is 17.1 Å². The molecule has 7 aromatic carbocycles. The van der Waals surface area contributed by atoms with E-state index >= 15 is 0 Å². The maximum absolute atomic E-state index is 2.60. The molecule has 2 heteroatoms. The molecule has 0 saturated heterocycles. The average Bonchev–Trinajstić information content (AvgIpc) is 3.75. The van der Waals surface area contributed by atoms with Crippen molar-refractivity contribution in [1.82, 2.24) is 0 Å². The molecule has 1 nitrogen and oxygen atoms in total. The van der Waals surface area contributed by atoms with E-state index in [4.69, 9.17) is 0 Å². The van der Waals surface area contributed by atoms with E-state index in [1.165, 1.54) is 154 Å². The SMILES string of the molecule is CC1CC([Si](C)(C)C)=Cc2ccc(-c3ccc4c(c3)C3(CCCCC3)c3cc(/C=C/c5ccc6c(c5)C5(CCCCC5)c5cc(N(c7ccccc7)c7ccccc7)ccc5-6)ccc3-4)cc21. The van der Waals surface area contributed by atoms with Gasteiger partial charge in [0.2, 0.25) is 0 Å². The van der Waals surface area contributed by atoms with Crippen LogP contribution in [0.25, 0.3) is 51.6 Å². The number of hydrogen-bond acceptors (Lipinski definition) is 1. The standard InChI is InChI=1S/C64H63NSi/c1-44-37-53(66(2,3)4)40-49-26-25-47(41-58(44)49)48-27-31-56-54-29-23-45(38-59(54)63(61(56)42-48)33-13-7-14-34-63)21-22-46-24-30-55-57-32-28-52(43-62(57)64(60(55)39-46)35-15-8-16-36-64)65(50-17-9-5-10-18-50)51-19-11-6-12-20-51/h5-6,9-12,17-32,38-44H,7-8,13-16,33-37H2,1-4H3/b22-21+. The van der Waals surface area contributed by atoms with Gasteiger partial charge in [0.05, 0.1) is 8.07 Å². The molecule has 5 aliphatic carbocycles. The average molecular weight is 874 g/mol. The van der Waals surface area contributed by atoms with Crippen LogP contribution in [0.3, 0.4) is 0 Å². The Balaban J connectivity index is 0.869. The maximum Gasteiger partial charge on any atom is 0.0724 e. The number of allylic oxidation sites excluding steroid dienone is 1. The van der Waals surface area contributed by atoms with Crippen molar-refractivity contribution in [2.45, 2.75) is 114 Å². The van der Waals surface area contributed by atoms with Crippen LogP contribution >= 0.6 is 0 Å². The molecule has 328 valence electrons. The Morgan fingerprint density at radius 3 is 1.48 bits per heavy atom. The molecule has 1 atom stereocenters. The topological polar surface area (TPSA) is 3.24 Å². The Morgan fingerprint density at radius 1 is 0.470 bits per heavy atom. The van der Waals surface area contributed by atoms with E-state index in [0.717, 1.165) is 0 Å². The first-order chi connectivity index (χ1) is 32.2. The minimum atomic E-state index is -1.33. The Kier molecular flexibility index (Phi) is 10.1. The van der Waals surface area contributed by atoms with E-state index in [1.807, 2.05) is 0 Å². The summed E-state index contributed by atoms with van der Waals surface area (Å²) < 4.78 is 0. The molecule has 2 saturated carbocycles. The smallest absolute Gasteiger partial charge is 0.0724 e. The number of rotatable bonds is 7. The molecule has 2 fully saturated rings. The maximum atomic E-state index is 2.60. The van der Waals surface area contributed by atoms with Crippen molar-refractivity contribution in [3.63, 3.8) is 0 Å². The lowest BCUT2D eigenvalue weighted by Crippen LogP contribution is -2.28. The van der Waals surface area contributed by atoms with E-state index in [0.29, 0.717) is 5.92 Å². The molecule has 7 aromatic rings. The summed E-state index contributed by atoms with van der Waals surface area (Å²) in [5, 5.41) is 1.70. The highest BCUT2D eigenvalue weighted by atomic mass is 28.3. The highest BCUT2D eigenvalue weighted by Crippen LogP contribution is 2.59. The summed E-state index contributed by atoms with van der Waals surface area (Å²) in [5.41, 5.74) is 24.0. The summed E-state index contributed by atoms with van der Waals surface area (Å²) in [7, 11) is -1.33. The summed E-state index contributed by atoms with van der Waals surface area (Å²) in [6, 6.07) is 58.6. The van der Waals surface area contributed by atoms with E-state index in [-0.39, 0.29) is 10.8 Å². The van der Waals surface area contributed by atoms with Gasteiger partial charge in [0.25, 0.3) is 0 Å². The third-order valence-corrected chi connectivity index (χ3v) is 19.0. The lowest BCUT2D eigenvalue weighted by Gasteiger charge is -2.37. The summed E-state index contributed by atoms with van der Waals surface area (Å²) >= 11 is 0. The van der Waals surface area contributed by atoms with Crippen molar-refractivity contribution < 1.29 is 0 Å². The van der Waals surface area contributed by atoms with Gasteiger partial charge in [0, 0.05) is 27.9 Å². The number of anilines is 3. The largest absolute Gasteiger partial charge is 0.310 e. The predicted octanol–water partition coefficient (Wildman–Crippen LogP) is 18.2. The van der Waals surface area contributed by atoms with Crippen molar-refractivity contribution >= 4 is 43.4 Å². The predicted molar refractivity (Wildman–Crippen MR) is 285 cm³/mol. The van der Waals surface area contributed by atoms with Crippen LogP contribution in [0.15, 0.2) is 157 Å². The zero-order valence-electron chi connectivity index (χ0n) is 39.5. The van der Waals surface area contributed by atoms with Crippen LogP contribution < -0.4 is 4.90 Å². The molecule has 66 heavy (non-hydrogen) atoms. The Labute approximate surface area is 395 Å². The third kappa shape index (κ3) is 6.85. The van der Waals surface area contributed by atoms with Crippen LogP contribution in [0.2, 0.25) is 19.6 Å². The van der Waals surface area contributed by atoms with Crippen molar-refractivity contribution in [3.8, 4) is 33.4 Å². The molecule has 0 N–H and O–H groups in total. The number of hydrogen-bond donors (Lipinski definition) is 0. The van der Waals surface area contributed by atoms with E-state index in [2.05, 4.69) is 201 Å². The molecule has 12 rings (SSSR count). The third-order valence-electron chi connectivity index (χ3n) is 16.7. The Hall–Kier alpha value is -5.96. The first kappa shape index (κ1) is 41.5. The van der Waals surface area contributed by atoms with E-state index < -0.39 is 8.07 Å². The number of benzene rings is 7. The zero-order chi connectivity index (χ0) is 44.6. The number of nitrogens with zero attached hydrogens (tertiary/aromatic N) is 1. The molecule has 1 unspecified atom stereocenters.